The Bertz CT molecular complexity index is 501. The number of unbranched alkanes of at least 4 members (excludes halogenated alkanes) is 15. The van der Waals surface area contributed by atoms with Crippen LogP contribution in [0.2, 0.25) is 0 Å². The summed E-state index contributed by atoms with van der Waals surface area (Å²) >= 11 is 0. The number of phenols is 1. The van der Waals surface area contributed by atoms with E-state index < -0.39 is 7.26 Å². The van der Waals surface area contributed by atoms with Crippen molar-refractivity contribution in [3.8, 4) is 5.75 Å². The maximum atomic E-state index is 10.9. The van der Waals surface area contributed by atoms with Crippen molar-refractivity contribution in [1.82, 2.24) is 0 Å². The minimum atomic E-state index is -1.67. The second kappa shape index (κ2) is 19.9. The predicted octanol–water partition coefficient (Wildman–Crippen LogP) is 9.85. The van der Waals surface area contributed by atoms with E-state index in [0.717, 1.165) is 0 Å². The van der Waals surface area contributed by atoms with E-state index in [2.05, 4.69) is 32.9 Å². The number of para-hydroxylation sites is 1. The molecule has 0 atom stereocenters. The molecule has 0 radical (unpaired) electrons. The van der Waals surface area contributed by atoms with E-state index in [4.69, 9.17) is 0 Å². The number of hydrogen-bond donors (Lipinski definition) is 1. The first-order chi connectivity index (χ1) is 15.7. The molecule has 32 heavy (non-hydrogen) atoms. The van der Waals surface area contributed by atoms with E-state index in [9.17, 15) is 5.11 Å². The molecule has 1 N–H and O–H groups in total. The van der Waals surface area contributed by atoms with Crippen molar-refractivity contribution in [1.29, 1.82) is 0 Å². The van der Waals surface area contributed by atoms with Crippen LogP contribution in [0.5, 0.6) is 5.75 Å². The van der Waals surface area contributed by atoms with Gasteiger partial charge in [-0.1, -0.05) is 0 Å². The van der Waals surface area contributed by atoms with Gasteiger partial charge in [-0.3, -0.25) is 0 Å². The molecule has 0 fully saturated rings. The maximum absolute atomic E-state index is 10.9. The quantitative estimate of drug-likeness (QED) is 0.134. The van der Waals surface area contributed by atoms with Gasteiger partial charge in [0.05, 0.1) is 0 Å². The van der Waals surface area contributed by atoms with Gasteiger partial charge in [0.15, 0.2) is 0 Å². The fraction of sp³-hybridized carbons (Fsp3) is 0.800. The van der Waals surface area contributed by atoms with E-state index in [-0.39, 0.29) is 0 Å². The molecule has 0 bridgehead atoms. The fourth-order valence-corrected chi connectivity index (χ4v) is 10.8. The van der Waals surface area contributed by atoms with E-state index in [1.54, 1.807) is 0 Å². The summed E-state index contributed by atoms with van der Waals surface area (Å²) in [6, 6.07) is 8.45. The minimum absolute atomic E-state index is 0.599. The van der Waals surface area contributed by atoms with E-state index in [0.29, 0.717) is 5.75 Å². The Hall–Kier alpha value is -0.550. The number of phenolic OH excluding ortho intramolecular Hbond substituents is 1. The van der Waals surface area contributed by atoms with Crippen LogP contribution >= 0.6 is 7.26 Å². The van der Waals surface area contributed by atoms with E-state index in [1.165, 1.54) is 139 Å². The Balaban J connectivity index is 2.82. The van der Waals surface area contributed by atoms with E-state index in [1.807, 2.05) is 12.1 Å². The Kier molecular flexibility index (Phi) is 18.3. The molecule has 0 aliphatic rings. The van der Waals surface area contributed by atoms with Gasteiger partial charge in [-0.15, -0.1) is 0 Å². The first-order valence-electron chi connectivity index (χ1n) is 14.5. The summed E-state index contributed by atoms with van der Waals surface area (Å²) < 4.78 is 0. The van der Waals surface area contributed by atoms with Crippen LogP contribution in [-0.4, -0.2) is 23.6 Å². The number of benzene rings is 1. The molecule has 2 heteroatoms. The van der Waals surface area contributed by atoms with Gasteiger partial charge in [0.2, 0.25) is 0 Å². The molecular weight excluding hydrogens is 407 g/mol. The van der Waals surface area contributed by atoms with Crippen molar-refractivity contribution < 1.29 is 5.11 Å². The zero-order chi connectivity index (χ0) is 23.3. The van der Waals surface area contributed by atoms with Gasteiger partial charge in [-0.2, -0.15) is 0 Å². The molecule has 1 aromatic rings. The van der Waals surface area contributed by atoms with Crippen molar-refractivity contribution in [2.24, 2.45) is 0 Å². The Morgan fingerprint density at radius 2 is 0.844 bits per heavy atom. The Morgan fingerprint density at radius 1 is 0.500 bits per heavy atom. The second-order valence-corrected chi connectivity index (χ2v) is 15.0. The summed E-state index contributed by atoms with van der Waals surface area (Å²) in [6.07, 6.45) is 29.0. The SMILES string of the molecule is CCCCCCCC[PH](CCCCCCCC)(CCCCCCCC)c1ccccc1O. The van der Waals surface area contributed by atoms with Crippen LogP contribution in [0.1, 0.15) is 136 Å². The summed E-state index contributed by atoms with van der Waals surface area (Å²) in [5.74, 6) is 0.599. The summed E-state index contributed by atoms with van der Waals surface area (Å²) in [5.41, 5.74) is 0. The zero-order valence-electron chi connectivity index (χ0n) is 22.1. The summed E-state index contributed by atoms with van der Waals surface area (Å²) in [6.45, 7) is 6.91. The van der Waals surface area contributed by atoms with Crippen molar-refractivity contribution in [2.75, 3.05) is 18.5 Å². The van der Waals surface area contributed by atoms with Crippen LogP contribution in [-0.2, 0) is 0 Å². The molecule has 1 aromatic carbocycles. The van der Waals surface area contributed by atoms with Crippen LogP contribution in [0.3, 0.4) is 0 Å². The molecule has 0 aromatic heterocycles. The van der Waals surface area contributed by atoms with Gasteiger partial charge in [-0.25, -0.2) is 0 Å². The molecule has 0 unspecified atom stereocenters. The van der Waals surface area contributed by atoms with Crippen LogP contribution in [0.15, 0.2) is 24.3 Å². The second-order valence-electron chi connectivity index (χ2n) is 10.4. The van der Waals surface area contributed by atoms with Crippen LogP contribution in [0, 0.1) is 0 Å². The summed E-state index contributed by atoms with van der Waals surface area (Å²) in [4.78, 5) is 0. The molecule has 0 aliphatic carbocycles. The molecule has 0 aliphatic heterocycles. The van der Waals surface area contributed by atoms with Crippen molar-refractivity contribution >= 4 is 12.6 Å². The average molecular weight is 465 g/mol. The molecule has 0 heterocycles. The number of aromatic hydroxyl groups is 1. The van der Waals surface area contributed by atoms with Gasteiger partial charge in [-0.05, 0) is 0 Å². The molecule has 0 saturated heterocycles. The van der Waals surface area contributed by atoms with Crippen LogP contribution in [0.4, 0.5) is 0 Å². The normalized spacial score (nSPS) is 12.3. The van der Waals surface area contributed by atoms with Gasteiger partial charge >= 0.3 is 203 Å². The van der Waals surface area contributed by atoms with Gasteiger partial charge in [0.25, 0.3) is 0 Å². The molecule has 0 saturated carbocycles. The fourth-order valence-electron chi connectivity index (χ4n) is 5.43. The molecule has 0 amide bonds. The predicted molar refractivity (Wildman–Crippen MR) is 151 cm³/mol. The molecule has 1 nitrogen and oxygen atoms in total. The molecule has 0 spiro atoms. The first-order valence-corrected chi connectivity index (χ1v) is 17.1. The van der Waals surface area contributed by atoms with Crippen molar-refractivity contribution in [2.45, 2.75) is 136 Å². The first kappa shape index (κ1) is 29.5. The van der Waals surface area contributed by atoms with Crippen molar-refractivity contribution in [3.05, 3.63) is 24.3 Å². The molecule has 188 valence electrons. The zero-order valence-corrected chi connectivity index (χ0v) is 23.1. The third-order valence-corrected chi connectivity index (χ3v) is 13.0. The monoisotopic (exact) mass is 464 g/mol. The number of rotatable bonds is 22. The van der Waals surface area contributed by atoms with Crippen LogP contribution in [0.25, 0.3) is 0 Å². The third kappa shape index (κ3) is 12.6. The summed E-state index contributed by atoms with van der Waals surface area (Å²) in [5, 5.41) is 12.3. The molecular formula is C30H57OP. The Morgan fingerprint density at radius 3 is 1.22 bits per heavy atom. The van der Waals surface area contributed by atoms with Crippen LogP contribution < -0.4 is 5.30 Å². The number of hydrogen-bond acceptors (Lipinski definition) is 1. The topological polar surface area (TPSA) is 20.2 Å². The molecule has 1 rings (SSSR count). The van der Waals surface area contributed by atoms with Gasteiger partial charge in [0.1, 0.15) is 0 Å². The average Bonchev–Trinajstić information content (AvgIpc) is 2.80. The van der Waals surface area contributed by atoms with Gasteiger partial charge < -0.3 is 0 Å². The van der Waals surface area contributed by atoms with Gasteiger partial charge in [0, 0.05) is 0 Å². The standard InChI is InChI=1S/C30H57OP/c1-4-7-10-13-16-21-26-32(27-22-17-14-11-8-5-2,28-23-18-15-12-9-6-3)30-25-20-19-24-29(30)31/h19-20,24-25,31-32H,4-18,21-23,26-28H2,1-3H3. The van der Waals surface area contributed by atoms with Crippen molar-refractivity contribution in [3.63, 3.8) is 0 Å². The third-order valence-electron chi connectivity index (χ3n) is 7.50. The summed E-state index contributed by atoms with van der Waals surface area (Å²) in [7, 11) is -1.67. The Labute approximate surface area is 202 Å². The van der Waals surface area contributed by atoms with E-state index >= 15 is 0 Å².